The second-order valence-corrected chi connectivity index (χ2v) is 10.5. The second kappa shape index (κ2) is 15.3. The molecule has 0 spiro atoms. The van der Waals surface area contributed by atoms with E-state index in [2.05, 4.69) is 16.0 Å². The van der Waals surface area contributed by atoms with E-state index in [9.17, 15) is 24.0 Å². The lowest BCUT2D eigenvalue weighted by Crippen LogP contribution is -2.54. The van der Waals surface area contributed by atoms with Crippen molar-refractivity contribution in [2.24, 2.45) is 11.7 Å². The first-order valence-corrected chi connectivity index (χ1v) is 14.3. The van der Waals surface area contributed by atoms with Gasteiger partial charge in [0.15, 0.2) is 0 Å². The summed E-state index contributed by atoms with van der Waals surface area (Å²) in [4.78, 5) is 63.4. The van der Waals surface area contributed by atoms with Gasteiger partial charge in [-0.15, -0.1) is 0 Å². The Hall–Kier alpha value is -4.99. The Morgan fingerprint density at radius 1 is 0.837 bits per heavy atom. The summed E-state index contributed by atoms with van der Waals surface area (Å²) in [7, 11) is 0. The van der Waals surface area contributed by atoms with Crippen LogP contribution in [-0.2, 0) is 36.8 Å². The molecule has 1 unspecified atom stereocenters. The molecule has 10 heteroatoms. The Bertz CT molecular complexity index is 1400. The van der Waals surface area contributed by atoms with Gasteiger partial charge in [0.2, 0.25) is 17.6 Å². The predicted molar refractivity (Wildman–Crippen MR) is 159 cm³/mol. The number of Topliss-reactive ketones (excluding diaryl/α,β-unsaturated/α-hetero) is 1. The van der Waals surface area contributed by atoms with E-state index < -0.39 is 47.8 Å². The maximum Gasteiger partial charge on any atom is 0.408 e. The molecule has 4 atom stereocenters. The van der Waals surface area contributed by atoms with Gasteiger partial charge in [0.1, 0.15) is 12.1 Å². The van der Waals surface area contributed by atoms with E-state index >= 15 is 0 Å². The Kier molecular flexibility index (Phi) is 11.0. The normalized spacial score (nSPS) is 16.3. The molecule has 0 radical (unpaired) electrons. The molecule has 224 valence electrons. The minimum atomic E-state index is -1.32. The summed E-state index contributed by atoms with van der Waals surface area (Å²) in [6.07, 6.45) is 0.223. The highest BCUT2D eigenvalue weighted by molar-refractivity contribution is 6.37. The van der Waals surface area contributed by atoms with Crippen LogP contribution >= 0.6 is 0 Å². The van der Waals surface area contributed by atoms with E-state index in [-0.39, 0.29) is 18.7 Å². The molecule has 4 rings (SSSR count). The Labute approximate surface area is 250 Å². The zero-order chi connectivity index (χ0) is 30.6. The summed E-state index contributed by atoms with van der Waals surface area (Å²) in [5, 5.41) is 7.90. The van der Waals surface area contributed by atoms with Crippen LogP contribution in [0.25, 0.3) is 0 Å². The number of ketones is 1. The predicted octanol–water partition coefficient (Wildman–Crippen LogP) is 2.76. The van der Waals surface area contributed by atoms with E-state index in [0.717, 1.165) is 16.7 Å². The van der Waals surface area contributed by atoms with Gasteiger partial charge < -0.3 is 26.4 Å². The standard InChI is InChI=1S/C33H36N4O6/c34-30(39)29(38)26(21-25-18-19-35-31(25)40)36-32(41)27(20-23-12-6-2-7-13-23)37-33(42)43-28(24-14-8-3-9-15-24)17-16-22-10-4-1-5-11-22/h1-15,25-28H,16-21H2,(H2,34,39)(H,35,40)(H,36,41)(H,37,42)/t25-,26-,27-,28?/m0/s1. The molecule has 4 amide bonds. The van der Waals surface area contributed by atoms with Crippen LogP contribution in [0.15, 0.2) is 91.0 Å². The molecule has 1 fully saturated rings. The average Bonchev–Trinajstić information content (AvgIpc) is 3.43. The third kappa shape index (κ3) is 9.26. The summed E-state index contributed by atoms with van der Waals surface area (Å²) in [5.74, 6) is -3.77. The van der Waals surface area contributed by atoms with Crippen LogP contribution in [0.5, 0.6) is 0 Å². The molecule has 0 bridgehead atoms. The molecular formula is C33H36N4O6. The van der Waals surface area contributed by atoms with Gasteiger partial charge in [-0.2, -0.15) is 0 Å². The van der Waals surface area contributed by atoms with Crippen LogP contribution in [0.3, 0.4) is 0 Å². The molecule has 43 heavy (non-hydrogen) atoms. The second-order valence-electron chi connectivity index (χ2n) is 10.5. The summed E-state index contributed by atoms with van der Waals surface area (Å²) < 4.78 is 5.86. The van der Waals surface area contributed by atoms with Crippen LogP contribution in [0.4, 0.5) is 4.79 Å². The van der Waals surface area contributed by atoms with Crippen molar-refractivity contribution in [1.82, 2.24) is 16.0 Å². The zero-order valence-corrected chi connectivity index (χ0v) is 23.7. The summed E-state index contributed by atoms with van der Waals surface area (Å²) in [5.41, 5.74) is 7.90. The van der Waals surface area contributed by atoms with Crippen LogP contribution in [0.2, 0.25) is 0 Å². The first kappa shape index (κ1) is 31.0. The topological polar surface area (TPSA) is 157 Å². The van der Waals surface area contributed by atoms with E-state index in [1.165, 1.54) is 0 Å². The number of alkyl carbamates (subject to hydrolysis) is 1. The molecule has 5 N–H and O–H groups in total. The maximum absolute atomic E-state index is 13.6. The van der Waals surface area contributed by atoms with Crippen LogP contribution in [0, 0.1) is 5.92 Å². The average molecular weight is 585 g/mol. The van der Waals surface area contributed by atoms with Crippen molar-refractivity contribution in [1.29, 1.82) is 0 Å². The fraction of sp³-hybridized carbons (Fsp3) is 0.303. The van der Waals surface area contributed by atoms with Gasteiger partial charge >= 0.3 is 6.09 Å². The number of benzene rings is 3. The van der Waals surface area contributed by atoms with Gasteiger partial charge in [-0.25, -0.2) is 4.79 Å². The van der Waals surface area contributed by atoms with E-state index in [1.807, 2.05) is 66.7 Å². The zero-order valence-electron chi connectivity index (χ0n) is 23.7. The number of carbonyl (C=O) groups is 5. The minimum absolute atomic E-state index is 0.0859. The van der Waals surface area contributed by atoms with Gasteiger partial charge in [0.05, 0.1) is 6.04 Å². The fourth-order valence-corrected chi connectivity index (χ4v) is 5.10. The lowest BCUT2D eigenvalue weighted by molar-refractivity contribution is -0.139. The van der Waals surface area contributed by atoms with Crippen LogP contribution in [-0.4, -0.2) is 48.2 Å². The lowest BCUT2D eigenvalue weighted by Gasteiger charge is -2.25. The molecule has 1 saturated heterocycles. The molecule has 0 aromatic heterocycles. The highest BCUT2D eigenvalue weighted by Gasteiger charge is 2.35. The number of nitrogens with one attached hydrogen (secondary N) is 3. The monoisotopic (exact) mass is 584 g/mol. The number of primary amides is 1. The van der Waals surface area contributed by atoms with Gasteiger partial charge in [0.25, 0.3) is 5.91 Å². The fourth-order valence-electron chi connectivity index (χ4n) is 5.10. The summed E-state index contributed by atoms with van der Waals surface area (Å²) in [6.45, 7) is 0.436. The van der Waals surface area contributed by atoms with Crippen molar-refractivity contribution < 1.29 is 28.7 Å². The smallest absolute Gasteiger partial charge is 0.408 e. The Morgan fingerprint density at radius 3 is 2.02 bits per heavy atom. The lowest BCUT2D eigenvalue weighted by atomic mass is 9.95. The molecular weight excluding hydrogens is 548 g/mol. The Balaban J connectivity index is 1.50. The summed E-state index contributed by atoms with van der Waals surface area (Å²) in [6, 6.07) is 25.7. The van der Waals surface area contributed by atoms with Crippen LogP contribution < -0.4 is 21.7 Å². The number of hydrogen-bond acceptors (Lipinski definition) is 6. The summed E-state index contributed by atoms with van der Waals surface area (Å²) >= 11 is 0. The van der Waals surface area contributed by atoms with E-state index in [1.54, 1.807) is 24.3 Å². The van der Waals surface area contributed by atoms with Crippen molar-refractivity contribution in [2.75, 3.05) is 6.54 Å². The van der Waals surface area contributed by atoms with Crippen molar-refractivity contribution in [3.05, 3.63) is 108 Å². The SMILES string of the molecule is NC(=O)C(=O)[C@H](C[C@@H]1CCNC1=O)NC(=O)[C@H](Cc1ccccc1)NC(=O)OC(CCc1ccccc1)c1ccccc1. The van der Waals surface area contributed by atoms with E-state index in [0.29, 0.717) is 25.8 Å². The first-order valence-electron chi connectivity index (χ1n) is 14.3. The highest BCUT2D eigenvalue weighted by atomic mass is 16.6. The van der Waals surface area contributed by atoms with Crippen molar-refractivity contribution in [3.63, 3.8) is 0 Å². The van der Waals surface area contributed by atoms with Gasteiger partial charge in [-0.05, 0) is 42.4 Å². The molecule has 0 aliphatic carbocycles. The minimum Gasteiger partial charge on any atom is -0.441 e. The number of rotatable bonds is 14. The number of aryl methyl sites for hydroxylation is 1. The molecule has 10 nitrogen and oxygen atoms in total. The van der Waals surface area contributed by atoms with Crippen molar-refractivity contribution in [3.8, 4) is 0 Å². The van der Waals surface area contributed by atoms with Gasteiger partial charge in [-0.1, -0.05) is 91.0 Å². The molecule has 3 aromatic rings. The first-order chi connectivity index (χ1) is 20.8. The van der Waals surface area contributed by atoms with E-state index in [4.69, 9.17) is 10.5 Å². The Morgan fingerprint density at radius 2 is 1.44 bits per heavy atom. The molecule has 1 aliphatic rings. The highest BCUT2D eigenvalue weighted by Crippen LogP contribution is 2.24. The maximum atomic E-state index is 13.6. The number of nitrogens with two attached hydrogens (primary N) is 1. The molecule has 3 aromatic carbocycles. The molecule has 0 saturated carbocycles. The molecule has 1 heterocycles. The van der Waals surface area contributed by atoms with Crippen molar-refractivity contribution >= 4 is 29.6 Å². The third-order valence-electron chi connectivity index (χ3n) is 7.41. The number of amides is 4. The quantitative estimate of drug-likeness (QED) is 0.214. The van der Waals surface area contributed by atoms with Gasteiger partial charge in [-0.3, -0.25) is 19.2 Å². The van der Waals surface area contributed by atoms with Gasteiger partial charge in [0, 0.05) is 18.9 Å². The number of carbonyl (C=O) groups excluding carboxylic acids is 5. The largest absolute Gasteiger partial charge is 0.441 e. The molecule has 1 aliphatic heterocycles. The third-order valence-corrected chi connectivity index (χ3v) is 7.41. The number of ether oxygens (including phenoxy) is 1. The van der Waals surface area contributed by atoms with Crippen molar-refractivity contribution in [2.45, 2.75) is 50.3 Å². The number of hydrogen-bond donors (Lipinski definition) is 4. The van der Waals surface area contributed by atoms with Crippen LogP contribution in [0.1, 0.15) is 42.1 Å².